The summed E-state index contributed by atoms with van der Waals surface area (Å²) in [4.78, 5) is 27.8. The molecule has 0 saturated carbocycles. The number of amides is 2. The van der Waals surface area contributed by atoms with E-state index in [0.717, 1.165) is 5.56 Å². The third-order valence-electron chi connectivity index (χ3n) is 3.51. The molecule has 1 aromatic carbocycles. The summed E-state index contributed by atoms with van der Waals surface area (Å²) in [6.45, 7) is 12.7. The summed E-state index contributed by atoms with van der Waals surface area (Å²) in [6.07, 6.45) is -0.468. The van der Waals surface area contributed by atoms with E-state index in [0.29, 0.717) is 31.2 Å². The van der Waals surface area contributed by atoms with E-state index < -0.39 is 23.1 Å². The van der Waals surface area contributed by atoms with Gasteiger partial charge in [0, 0.05) is 18.7 Å². The topological polar surface area (TPSA) is 118 Å². The van der Waals surface area contributed by atoms with E-state index in [-0.39, 0.29) is 0 Å². The second-order valence-electron chi connectivity index (χ2n) is 8.12. The first-order valence-electron chi connectivity index (χ1n) is 9.34. The number of ether oxygens (including phenoxy) is 1. The molecule has 0 bridgehead atoms. The number of benzene rings is 1. The Balaban J connectivity index is 2.70. The van der Waals surface area contributed by atoms with Crippen molar-refractivity contribution in [2.45, 2.75) is 59.2 Å². The van der Waals surface area contributed by atoms with Crippen LogP contribution < -0.4 is 21.7 Å². The molecule has 28 heavy (non-hydrogen) atoms. The van der Waals surface area contributed by atoms with Crippen molar-refractivity contribution in [2.24, 2.45) is 10.7 Å². The average Bonchev–Trinajstić information content (AvgIpc) is 2.55. The number of carbonyl (C=O) groups is 2. The van der Waals surface area contributed by atoms with Gasteiger partial charge in [-0.2, -0.15) is 0 Å². The van der Waals surface area contributed by atoms with Crippen LogP contribution in [-0.2, 0) is 11.3 Å². The Bertz CT molecular complexity index is 708. The van der Waals surface area contributed by atoms with E-state index in [9.17, 15) is 9.59 Å². The third kappa shape index (κ3) is 9.25. The molecule has 0 atom stereocenters. The van der Waals surface area contributed by atoms with Crippen LogP contribution in [0.5, 0.6) is 0 Å². The SMILES string of the molecule is CCNC(=NCc1cccc(C(N)=O)c1)NCC(C)(C)NC(=O)OC(C)(C)C. The van der Waals surface area contributed by atoms with Crippen LogP contribution >= 0.6 is 0 Å². The monoisotopic (exact) mass is 391 g/mol. The molecule has 0 saturated heterocycles. The number of rotatable bonds is 7. The number of nitrogens with zero attached hydrogens (tertiary/aromatic N) is 1. The number of primary amides is 1. The van der Waals surface area contributed by atoms with Crippen LogP contribution in [0.15, 0.2) is 29.3 Å². The van der Waals surface area contributed by atoms with Gasteiger partial charge in [0.2, 0.25) is 5.91 Å². The molecular formula is C20H33N5O3. The van der Waals surface area contributed by atoms with Gasteiger partial charge in [0.25, 0.3) is 0 Å². The molecular weight excluding hydrogens is 358 g/mol. The lowest BCUT2D eigenvalue weighted by Crippen LogP contribution is -2.54. The molecule has 0 fully saturated rings. The maximum absolute atomic E-state index is 12.0. The normalized spacial score (nSPS) is 12.3. The average molecular weight is 392 g/mol. The Kier molecular flexibility index (Phi) is 8.28. The quantitative estimate of drug-likeness (QED) is 0.420. The van der Waals surface area contributed by atoms with Crippen LogP contribution in [0.25, 0.3) is 0 Å². The molecule has 8 nitrogen and oxygen atoms in total. The van der Waals surface area contributed by atoms with E-state index in [1.54, 1.807) is 18.2 Å². The fourth-order valence-corrected chi connectivity index (χ4v) is 2.26. The second kappa shape index (κ2) is 9.96. The van der Waals surface area contributed by atoms with Crippen LogP contribution in [0.4, 0.5) is 4.79 Å². The van der Waals surface area contributed by atoms with Crippen LogP contribution in [-0.4, -0.2) is 42.2 Å². The van der Waals surface area contributed by atoms with E-state index in [1.807, 2.05) is 47.6 Å². The van der Waals surface area contributed by atoms with Crippen molar-refractivity contribution in [2.75, 3.05) is 13.1 Å². The molecule has 0 aliphatic heterocycles. The summed E-state index contributed by atoms with van der Waals surface area (Å²) in [5, 5.41) is 9.22. The van der Waals surface area contributed by atoms with Crippen LogP contribution in [0.2, 0.25) is 0 Å². The Morgan fingerprint density at radius 3 is 2.39 bits per heavy atom. The molecule has 1 rings (SSSR count). The summed E-state index contributed by atoms with van der Waals surface area (Å²) in [5.74, 6) is 0.136. The largest absolute Gasteiger partial charge is 0.444 e. The van der Waals surface area contributed by atoms with Gasteiger partial charge in [-0.25, -0.2) is 9.79 Å². The lowest BCUT2D eigenvalue weighted by molar-refractivity contribution is 0.0473. The van der Waals surface area contributed by atoms with Gasteiger partial charge >= 0.3 is 6.09 Å². The first-order valence-corrected chi connectivity index (χ1v) is 9.34. The van der Waals surface area contributed by atoms with E-state index in [4.69, 9.17) is 10.5 Å². The molecule has 2 amide bonds. The Morgan fingerprint density at radius 1 is 1.14 bits per heavy atom. The lowest BCUT2D eigenvalue weighted by atomic mass is 10.1. The number of guanidine groups is 1. The van der Waals surface area contributed by atoms with Crippen molar-refractivity contribution in [3.8, 4) is 0 Å². The van der Waals surface area contributed by atoms with E-state index in [2.05, 4.69) is 20.9 Å². The predicted octanol–water partition coefficient (Wildman–Crippen LogP) is 2.14. The van der Waals surface area contributed by atoms with Crippen molar-refractivity contribution in [1.82, 2.24) is 16.0 Å². The highest BCUT2D eigenvalue weighted by atomic mass is 16.6. The van der Waals surface area contributed by atoms with Crippen molar-refractivity contribution in [3.05, 3.63) is 35.4 Å². The summed E-state index contributed by atoms with van der Waals surface area (Å²) in [5.41, 5.74) is 5.54. The number of alkyl carbamates (subject to hydrolysis) is 1. The fourth-order valence-electron chi connectivity index (χ4n) is 2.26. The Morgan fingerprint density at radius 2 is 1.82 bits per heavy atom. The summed E-state index contributed by atoms with van der Waals surface area (Å²) in [7, 11) is 0. The predicted molar refractivity (Wildman–Crippen MR) is 111 cm³/mol. The van der Waals surface area contributed by atoms with Gasteiger partial charge in [0.05, 0.1) is 12.1 Å². The van der Waals surface area contributed by atoms with Gasteiger partial charge < -0.3 is 26.4 Å². The zero-order valence-electron chi connectivity index (χ0n) is 17.7. The number of carbonyl (C=O) groups excluding carboxylic acids is 2. The molecule has 0 aliphatic carbocycles. The van der Waals surface area contributed by atoms with Crippen molar-refractivity contribution in [1.29, 1.82) is 0 Å². The van der Waals surface area contributed by atoms with Crippen molar-refractivity contribution in [3.63, 3.8) is 0 Å². The first kappa shape index (κ1) is 23.3. The summed E-state index contributed by atoms with van der Waals surface area (Å²) < 4.78 is 5.30. The number of nitrogens with two attached hydrogens (primary N) is 1. The van der Waals surface area contributed by atoms with Crippen LogP contribution in [0.1, 0.15) is 57.5 Å². The number of nitrogens with one attached hydrogen (secondary N) is 3. The summed E-state index contributed by atoms with van der Waals surface area (Å²) in [6, 6.07) is 7.06. The maximum Gasteiger partial charge on any atom is 0.408 e. The highest BCUT2D eigenvalue weighted by molar-refractivity contribution is 5.92. The fraction of sp³-hybridized carbons (Fsp3) is 0.550. The molecule has 1 aromatic rings. The second-order valence-corrected chi connectivity index (χ2v) is 8.12. The summed E-state index contributed by atoms with van der Waals surface area (Å²) >= 11 is 0. The standard InChI is InChI=1S/C20H33N5O3/c1-7-22-17(23-12-14-9-8-10-15(11-14)16(21)26)24-13-20(5,6)25-18(27)28-19(2,3)4/h8-11H,7,12-13H2,1-6H3,(H2,21,26)(H,25,27)(H2,22,23,24). The molecule has 0 radical (unpaired) electrons. The molecule has 0 heterocycles. The van der Waals surface area contributed by atoms with Crippen molar-refractivity contribution < 1.29 is 14.3 Å². The zero-order valence-corrected chi connectivity index (χ0v) is 17.7. The molecule has 0 aromatic heterocycles. The van der Waals surface area contributed by atoms with Gasteiger partial charge in [0.1, 0.15) is 5.60 Å². The van der Waals surface area contributed by atoms with Crippen LogP contribution in [0, 0.1) is 0 Å². The van der Waals surface area contributed by atoms with E-state index >= 15 is 0 Å². The van der Waals surface area contributed by atoms with Gasteiger partial charge in [0.15, 0.2) is 5.96 Å². The zero-order chi connectivity index (χ0) is 21.4. The minimum atomic E-state index is -0.552. The van der Waals surface area contributed by atoms with Gasteiger partial charge in [-0.3, -0.25) is 4.79 Å². The minimum Gasteiger partial charge on any atom is -0.444 e. The van der Waals surface area contributed by atoms with Crippen LogP contribution in [0.3, 0.4) is 0 Å². The maximum atomic E-state index is 12.0. The lowest BCUT2D eigenvalue weighted by Gasteiger charge is -2.29. The molecule has 156 valence electrons. The van der Waals surface area contributed by atoms with Gasteiger partial charge in [-0.1, -0.05) is 12.1 Å². The number of hydrogen-bond acceptors (Lipinski definition) is 4. The van der Waals surface area contributed by atoms with Gasteiger partial charge in [-0.05, 0) is 59.2 Å². The minimum absolute atomic E-state index is 0.385. The van der Waals surface area contributed by atoms with Gasteiger partial charge in [-0.15, -0.1) is 0 Å². The van der Waals surface area contributed by atoms with Crippen molar-refractivity contribution >= 4 is 18.0 Å². The molecule has 8 heteroatoms. The smallest absolute Gasteiger partial charge is 0.408 e. The molecule has 5 N–H and O–H groups in total. The Labute approximate surface area is 167 Å². The highest BCUT2D eigenvalue weighted by Crippen LogP contribution is 2.09. The molecule has 0 aliphatic rings. The Hall–Kier alpha value is -2.77. The van der Waals surface area contributed by atoms with E-state index in [1.165, 1.54) is 0 Å². The number of aliphatic imine (C=N–C) groups is 1. The highest BCUT2D eigenvalue weighted by Gasteiger charge is 2.24. The number of hydrogen-bond donors (Lipinski definition) is 4. The first-order chi connectivity index (χ1) is 12.9. The third-order valence-corrected chi connectivity index (χ3v) is 3.51. The molecule has 0 spiro atoms. The molecule has 0 unspecified atom stereocenters.